The Labute approximate surface area is 134 Å². The number of methoxy groups -OCH3 is 1. The van der Waals surface area contributed by atoms with Gasteiger partial charge in [-0.25, -0.2) is 0 Å². The Morgan fingerprint density at radius 3 is 2.45 bits per heavy atom. The monoisotopic (exact) mass is 303 g/mol. The molecule has 0 saturated carbocycles. The molecule has 0 N–H and O–H groups in total. The summed E-state index contributed by atoms with van der Waals surface area (Å²) in [7, 11) is 1.47. The highest BCUT2D eigenvalue weighted by atomic mass is 16.5. The minimum atomic E-state index is -0.0912. The van der Waals surface area contributed by atoms with Crippen molar-refractivity contribution in [3.8, 4) is 0 Å². The van der Waals surface area contributed by atoms with Gasteiger partial charge in [-0.15, -0.1) is 0 Å². The highest BCUT2D eigenvalue weighted by Crippen LogP contribution is 2.34. The van der Waals surface area contributed by atoms with Crippen LogP contribution in [0.15, 0.2) is 30.3 Å². The number of carbonyl (C=O) groups excluding carboxylic acids is 1. The van der Waals surface area contributed by atoms with E-state index in [1.54, 1.807) is 0 Å². The molecular weight excluding hydrogens is 274 g/mol. The molecule has 0 radical (unpaired) electrons. The summed E-state index contributed by atoms with van der Waals surface area (Å²) in [6.07, 6.45) is 4.10. The topological polar surface area (TPSA) is 29.5 Å². The van der Waals surface area contributed by atoms with Gasteiger partial charge in [0.05, 0.1) is 13.5 Å². The molecule has 22 heavy (non-hydrogen) atoms. The second kappa shape index (κ2) is 7.77. The molecule has 1 fully saturated rings. The van der Waals surface area contributed by atoms with Crippen LogP contribution < -0.4 is 0 Å². The fourth-order valence-corrected chi connectivity index (χ4v) is 3.51. The first kappa shape index (κ1) is 17.0. The number of nitrogens with zero attached hydrogens (tertiary/aromatic N) is 1. The number of piperidine rings is 1. The summed E-state index contributed by atoms with van der Waals surface area (Å²) in [5.74, 6) is 0.637. The maximum atomic E-state index is 11.5. The molecule has 1 aromatic carbocycles. The number of benzene rings is 1. The number of rotatable bonds is 6. The SMILES string of the molecule is COC(=O)CC(C)(C)CC1CCN(Cc2ccccc2)CC1. The van der Waals surface area contributed by atoms with Crippen molar-refractivity contribution in [1.29, 1.82) is 0 Å². The Morgan fingerprint density at radius 1 is 1.23 bits per heavy atom. The third-order valence-corrected chi connectivity index (χ3v) is 4.65. The molecule has 0 amide bonds. The smallest absolute Gasteiger partial charge is 0.306 e. The number of likely N-dealkylation sites (tertiary alicyclic amines) is 1. The molecule has 1 aliphatic heterocycles. The van der Waals surface area contributed by atoms with Crippen molar-refractivity contribution in [2.75, 3.05) is 20.2 Å². The van der Waals surface area contributed by atoms with Gasteiger partial charge in [0.2, 0.25) is 0 Å². The van der Waals surface area contributed by atoms with E-state index in [1.165, 1.54) is 25.5 Å². The Bertz CT molecular complexity index is 462. The van der Waals surface area contributed by atoms with Gasteiger partial charge in [-0.1, -0.05) is 44.2 Å². The zero-order valence-electron chi connectivity index (χ0n) is 14.2. The summed E-state index contributed by atoms with van der Waals surface area (Å²) in [4.78, 5) is 14.0. The van der Waals surface area contributed by atoms with Crippen LogP contribution in [-0.4, -0.2) is 31.1 Å². The fourth-order valence-electron chi connectivity index (χ4n) is 3.51. The van der Waals surface area contributed by atoms with Gasteiger partial charge in [0, 0.05) is 6.54 Å². The maximum Gasteiger partial charge on any atom is 0.306 e. The number of ether oxygens (including phenoxy) is 1. The number of esters is 1. The summed E-state index contributed by atoms with van der Waals surface area (Å²) in [5, 5.41) is 0. The lowest BCUT2D eigenvalue weighted by atomic mass is 9.77. The van der Waals surface area contributed by atoms with E-state index in [1.807, 2.05) is 0 Å². The summed E-state index contributed by atoms with van der Waals surface area (Å²) in [6, 6.07) is 10.7. The number of carbonyl (C=O) groups is 1. The zero-order valence-corrected chi connectivity index (χ0v) is 14.2. The van der Waals surface area contributed by atoms with Gasteiger partial charge >= 0.3 is 5.97 Å². The molecule has 1 heterocycles. The van der Waals surface area contributed by atoms with Gasteiger partial charge < -0.3 is 4.74 Å². The van der Waals surface area contributed by atoms with Crippen LogP contribution >= 0.6 is 0 Å². The van der Waals surface area contributed by atoms with E-state index in [0.717, 1.165) is 32.0 Å². The van der Waals surface area contributed by atoms with Crippen molar-refractivity contribution in [1.82, 2.24) is 4.90 Å². The highest BCUT2D eigenvalue weighted by molar-refractivity contribution is 5.69. The third kappa shape index (κ3) is 5.45. The molecule has 0 atom stereocenters. The second-order valence-corrected chi connectivity index (χ2v) is 7.33. The molecule has 0 aliphatic carbocycles. The number of hydrogen-bond donors (Lipinski definition) is 0. The minimum Gasteiger partial charge on any atom is -0.469 e. The summed E-state index contributed by atoms with van der Waals surface area (Å²) >= 11 is 0. The van der Waals surface area contributed by atoms with Crippen molar-refractivity contribution < 1.29 is 9.53 Å². The quantitative estimate of drug-likeness (QED) is 0.747. The molecular formula is C19H29NO2. The summed E-state index contributed by atoms with van der Waals surface area (Å²) < 4.78 is 4.81. The van der Waals surface area contributed by atoms with E-state index < -0.39 is 0 Å². The normalized spacial score (nSPS) is 17.4. The molecule has 3 heteroatoms. The van der Waals surface area contributed by atoms with Crippen LogP contribution in [0.5, 0.6) is 0 Å². The lowest BCUT2D eigenvalue weighted by Gasteiger charge is -2.36. The Morgan fingerprint density at radius 2 is 1.86 bits per heavy atom. The molecule has 0 aromatic heterocycles. The molecule has 1 aromatic rings. The van der Waals surface area contributed by atoms with E-state index in [4.69, 9.17) is 4.74 Å². The van der Waals surface area contributed by atoms with Crippen LogP contribution in [0.3, 0.4) is 0 Å². The molecule has 1 aliphatic rings. The molecule has 1 saturated heterocycles. The van der Waals surface area contributed by atoms with E-state index in [0.29, 0.717) is 6.42 Å². The maximum absolute atomic E-state index is 11.5. The van der Waals surface area contributed by atoms with Crippen molar-refractivity contribution in [2.45, 2.75) is 46.1 Å². The number of hydrogen-bond acceptors (Lipinski definition) is 3. The average Bonchev–Trinajstić information content (AvgIpc) is 2.49. The van der Waals surface area contributed by atoms with Gasteiger partial charge in [-0.05, 0) is 49.2 Å². The van der Waals surface area contributed by atoms with Gasteiger partial charge in [-0.2, -0.15) is 0 Å². The van der Waals surface area contributed by atoms with Crippen LogP contribution in [0.1, 0.15) is 45.1 Å². The Kier molecular flexibility index (Phi) is 6.01. The molecule has 0 bridgehead atoms. The van der Waals surface area contributed by atoms with Crippen LogP contribution in [0.2, 0.25) is 0 Å². The van der Waals surface area contributed by atoms with Gasteiger partial charge in [0.1, 0.15) is 0 Å². The predicted octanol–water partition coefficient (Wildman–Crippen LogP) is 3.88. The van der Waals surface area contributed by atoms with E-state index in [-0.39, 0.29) is 11.4 Å². The molecule has 2 rings (SSSR count). The van der Waals surface area contributed by atoms with E-state index in [2.05, 4.69) is 49.1 Å². The lowest BCUT2D eigenvalue weighted by Crippen LogP contribution is -2.35. The average molecular weight is 303 g/mol. The van der Waals surface area contributed by atoms with Crippen molar-refractivity contribution in [3.05, 3.63) is 35.9 Å². The van der Waals surface area contributed by atoms with Crippen LogP contribution in [-0.2, 0) is 16.1 Å². The fraction of sp³-hybridized carbons (Fsp3) is 0.632. The highest BCUT2D eigenvalue weighted by Gasteiger charge is 2.28. The minimum absolute atomic E-state index is 0.0410. The lowest BCUT2D eigenvalue weighted by molar-refractivity contribution is -0.143. The standard InChI is InChI=1S/C19H29NO2/c1-19(2,14-18(21)22-3)13-16-9-11-20(12-10-16)15-17-7-5-4-6-8-17/h4-8,16H,9-15H2,1-3H3. The second-order valence-electron chi connectivity index (χ2n) is 7.33. The summed E-state index contributed by atoms with van der Waals surface area (Å²) in [5.41, 5.74) is 1.44. The Balaban J connectivity index is 1.76. The van der Waals surface area contributed by atoms with Crippen molar-refractivity contribution in [3.63, 3.8) is 0 Å². The van der Waals surface area contributed by atoms with Gasteiger partial charge in [-0.3, -0.25) is 9.69 Å². The van der Waals surface area contributed by atoms with E-state index in [9.17, 15) is 4.79 Å². The van der Waals surface area contributed by atoms with E-state index >= 15 is 0 Å². The predicted molar refractivity (Wildman–Crippen MR) is 89.5 cm³/mol. The van der Waals surface area contributed by atoms with Crippen LogP contribution in [0, 0.1) is 11.3 Å². The molecule has 0 unspecified atom stereocenters. The largest absolute Gasteiger partial charge is 0.469 e. The molecule has 3 nitrogen and oxygen atoms in total. The molecule has 0 spiro atoms. The Hall–Kier alpha value is -1.35. The van der Waals surface area contributed by atoms with Crippen LogP contribution in [0.4, 0.5) is 0 Å². The first-order valence-electron chi connectivity index (χ1n) is 8.31. The first-order chi connectivity index (χ1) is 10.5. The summed E-state index contributed by atoms with van der Waals surface area (Å²) in [6.45, 7) is 7.74. The third-order valence-electron chi connectivity index (χ3n) is 4.65. The first-order valence-corrected chi connectivity index (χ1v) is 8.31. The molecule has 122 valence electrons. The zero-order chi connectivity index (χ0) is 16.0. The van der Waals surface area contributed by atoms with Crippen molar-refractivity contribution >= 4 is 5.97 Å². The van der Waals surface area contributed by atoms with Crippen molar-refractivity contribution in [2.24, 2.45) is 11.3 Å². The van der Waals surface area contributed by atoms with Gasteiger partial charge in [0.25, 0.3) is 0 Å². The van der Waals surface area contributed by atoms with Gasteiger partial charge in [0.15, 0.2) is 0 Å². The van der Waals surface area contributed by atoms with Crippen LogP contribution in [0.25, 0.3) is 0 Å².